The molecule has 0 saturated heterocycles. The summed E-state index contributed by atoms with van der Waals surface area (Å²) < 4.78 is 5.68. The summed E-state index contributed by atoms with van der Waals surface area (Å²) >= 11 is 0. The predicted octanol–water partition coefficient (Wildman–Crippen LogP) is 3.66. The number of aromatic carboxylic acids is 1. The second-order valence-corrected chi connectivity index (χ2v) is 5.58. The van der Waals surface area contributed by atoms with Crippen molar-refractivity contribution in [3.05, 3.63) is 59.2 Å². The number of carbonyl (C=O) groups excluding carboxylic acids is 1. The van der Waals surface area contributed by atoms with Crippen molar-refractivity contribution in [3.8, 4) is 5.75 Å². The molecule has 0 aliphatic heterocycles. The highest BCUT2D eigenvalue weighted by molar-refractivity contribution is 5.94. The molecule has 2 N–H and O–H groups in total. The molecule has 1 amide bonds. The highest BCUT2D eigenvalue weighted by Gasteiger charge is 2.10. The number of hydrogen-bond donors (Lipinski definition) is 2. The van der Waals surface area contributed by atoms with Gasteiger partial charge in [-0.05, 0) is 48.7 Å². The van der Waals surface area contributed by atoms with Gasteiger partial charge in [-0.3, -0.25) is 4.79 Å². The number of carboxylic acid groups (broad SMARTS) is 1. The van der Waals surface area contributed by atoms with Gasteiger partial charge in [-0.1, -0.05) is 25.1 Å². The van der Waals surface area contributed by atoms with E-state index in [1.165, 1.54) is 12.1 Å². The fraction of sp³-hybridized carbons (Fsp3) is 0.263. The summed E-state index contributed by atoms with van der Waals surface area (Å²) in [5, 5.41) is 11.7. The first kappa shape index (κ1) is 17.5. The molecule has 24 heavy (non-hydrogen) atoms. The molecule has 0 aromatic heterocycles. The maximum absolute atomic E-state index is 12.2. The molecule has 0 fully saturated rings. The summed E-state index contributed by atoms with van der Waals surface area (Å²) in [6.45, 7) is 4.58. The zero-order valence-corrected chi connectivity index (χ0v) is 13.8. The second kappa shape index (κ2) is 8.15. The number of benzene rings is 2. The van der Waals surface area contributed by atoms with Gasteiger partial charge in [-0.15, -0.1) is 0 Å². The van der Waals surface area contributed by atoms with Gasteiger partial charge >= 0.3 is 5.97 Å². The summed E-state index contributed by atoms with van der Waals surface area (Å²) in [5.74, 6) is -0.502. The van der Waals surface area contributed by atoms with Gasteiger partial charge in [0.15, 0.2) is 0 Å². The largest absolute Gasteiger partial charge is 0.491 e. The fourth-order valence-electron chi connectivity index (χ4n) is 2.21. The van der Waals surface area contributed by atoms with Crippen molar-refractivity contribution >= 4 is 17.6 Å². The molecule has 126 valence electrons. The lowest BCUT2D eigenvalue weighted by atomic mass is 10.1. The Morgan fingerprint density at radius 3 is 2.46 bits per heavy atom. The average molecular weight is 327 g/mol. The summed E-state index contributed by atoms with van der Waals surface area (Å²) in [6.07, 6.45) is 1.05. The lowest BCUT2D eigenvalue weighted by molar-refractivity contribution is -0.115. The van der Waals surface area contributed by atoms with E-state index >= 15 is 0 Å². The van der Waals surface area contributed by atoms with Crippen LogP contribution in [0.2, 0.25) is 0 Å². The third-order valence-electron chi connectivity index (χ3n) is 3.44. The third kappa shape index (κ3) is 4.84. The predicted molar refractivity (Wildman–Crippen MR) is 92.7 cm³/mol. The number of aryl methyl sites for hydroxylation is 1. The smallest absolute Gasteiger partial charge is 0.335 e. The van der Waals surface area contributed by atoms with Gasteiger partial charge in [0.25, 0.3) is 0 Å². The lowest BCUT2D eigenvalue weighted by Gasteiger charge is -2.13. The Hall–Kier alpha value is -2.82. The molecule has 0 atom stereocenters. The van der Waals surface area contributed by atoms with Gasteiger partial charge in [-0.25, -0.2) is 4.79 Å². The Balaban J connectivity index is 2.05. The molecule has 0 aliphatic carbocycles. The number of ether oxygens (including phenoxy) is 1. The molecule has 5 nitrogen and oxygen atoms in total. The van der Waals surface area contributed by atoms with E-state index < -0.39 is 5.97 Å². The number of nitrogens with one attached hydrogen (secondary N) is 1. The van der Waals surface area contributed by atoms with E-state index in [0.717, 1.165) is 17.5 Å². The first-order valence-electron chi connectivity index (χ1n) is 7.85. The monoisotopic (exact) mass is 327 g/mol. The minimum atomic E-state index is -0.983. The van der Waals surface area contributed by atoms with Crippen molar-refractivity contribution in [2.75, 3.05) is 11.9 Å². The van der Waals surface area contributed by atoms with Crippen molar-refractivity contribution in [2.45, 2.75) is 26.7 Å². The molecule has 5 heteroatoms. The van der Waals surface area contributed by atoms with Crippen LogP contribution in [0, 0.1) is 6.92 Å². The van der Waals surface area contributed by atoms with Crippen LogP contribution < -0.4 is 10.1 Å². The molecular weight excluding hydrogens is 306 g/mol. The van der Waals surface area contributed by atoms with E-state index in [2.05, 4.69) is 5.32 Å². The van der Waals surface area contributed by atoms with Crippen molar-refractivity contribution in [1.29, 1.82) is 0 Å². The molecule has 0 saturated carbocycles. The number of amides is 1. The average Bonchev–Trinajstić information content (AvgIpc) is 2.55. The van der Waals surface area contributed by atoms with Crippen molar-refractivity contribution in [1.82, 2.24) is 0 Å². The molecule has 0 radical (unpaired) electrons. The molecule has 2 aromatic rings. The third-order valence-corrected chi connectivity index (χ3v) is 3.44. The number of rotatable bonds is 7. The zero-order valence-electron chi connectivity index (χ0n) is 13.8. The summed E-state index contributed by atoms with van der Waals surface area (Å²) in [4.78, 5) is 23.1. The van der Waals surface area contributed by atoms with Gasteiger partial charge in [0.1, 0.15) is 5.75 Å². The SMILES string of the molecule is CCCOc1cc(C)ccc1NC(=O)Cc1ccc(C(=O)O)cc1. The number of carboxylic acids is 1. The molecule has 0 unspecified atom stereocenters. The quantitative estimate of drug-likeness (QED) is 0.813. The van der Waals surface area contributed by atoms with E-state index in [1.807, 2.05) is 32.0 Å². The molecule has 0 heterocycles. The van der Waals surface area contributed by atoms with E-state index in [1.54, 1.807) is 12.1 Å². The van der Waals surface area contributed by atoms with Crippen molar-refractivity contribution in [3.63, 3.8) is 0 Å². The van der Waals surface area contributed by atoms with Crippen LogP contribution in [0.15, 0.2) is 42.5 Å². The molecule has 0 bridgehead atoms. The minimum absolute atomic E-state index is 0.168. The summed E-state index contributed by atoms with van der Waals surface area (Å²) in [5.41, 5.74) is 2.65. The molecule has 0 aliphatic rings. The topological polar surface area (TPSA) is 75.6 Å². The highest BCUT2D eigenvalue weighted by atomic mass is 16.5. The maximum Gasteiger partial charge on any atom is 0.335 e. The van der Waals surface area contributed by atoms with Crippen LogP contribution in [0.3, 0.4) is 0 Å². The van der Waals surface area contributed by atoms with E-state index in [-0.39, 0.29) is 17.9 Å². The van der Waals surface area contributed by atoms with Crippen LogP contribution >= 0.6 is 0 Å². The lowest BCUT2D eigenvalue weighted by Crippen LogP contribution is -2.15. The second-order valence-electron chi connectivity index (χ2n) is 5.58. The number of anilines is 1. The zero-order chi connectivity index (χ0) is 17.5. The highest BCUT2D eigenvalue weighted by Crippen LogP contribution is 2.26. The minimum Gasteiger partial charge on any atom is -0.491 e. The standard InChI is InChI=1S/C19H21NO4/c1-3-10-24-17-11-13(2)4-9-16(17)20-18(21)12-14-5-7-15(8-6-14)19(22)23/h4-9,11H,3,10,12H2,1-2H3,(H,20,21)(H,22,23). The first-order chi connectivity index (χ1) is 11.5. The Labute approximate surface area is 141 Å². The molecular formula is C19H21NO4. The van der Waals surface area contributed by atoms with Gasteiger partial charge < -0.3 is 15.2 Å². The van der Waals surface area contributed by atoms with Crippen LogP contribution in [0.4, 0.5) is 5.69 Å². The Kier molecular flexibility index (Phi) is 5.95. The van der Waals surface area contributed by atoms with Crippen LogP contribution in [0.5, 0.6) is 5.75 Å². The van der Waals surface area contributed by atoms with Crippen LogP contribution in [0.1, 0.15) is 34.8 Å². The van der Waals surface area contributed by atoms with Gasteiger partial charge in [0.2, 0.25) is 5.91 Å². The Morgan fingerprint density at radius 1 is 1.12 bits per heavy atom. The Bertz CT molecular complexity index is 723. The normalized spacial score (nSPS) is 10.2. The summed E-state index contributed by atoms with van der Waals surface area (Å²) in [6, 6.07) is 11.9. The maximum atomic E-state index is 12.2. The van der Waals surface area contributed by atoms with E-state index in [9.17, 15) is 9.59 Å². The van der Waals surface area contributed by atoms with Gasteiger partial charge in [0, 0.05) is 0 Å². The van der Waals surface area contributed by atoms with Gasteiger partial charge in [0.05, 0.1) is 24.3 Å². The molecule has 2 rings (SSSR count). The Morgan fingerprint density at radius 2 is 1.83 bits per heavy atom. The van der Waals surface area contributed by atoms with Crippen molar-refractivity contribution < 1.29 is 19.4 Å². The first-order valence-corrected chi connectivity index (χ1v) is 7.85. The molecule has 2 aromatic carbocycles. The van der Waals surface area contributed by atoms with Gasteiger partial charge in [-0.2, -0.15) is 0 Å². The van der Waals surface area contributed by atoms with Crippen LogP contribution in [0.25, 0.3) is 0 Å². The van der Waals surface area contributed by atoms with Crippen LogP contribution in [-0.2, 0) is 11.2 Å². The number of carbonyl (C=O) groups is 2. The molecule has 0 spiro atoms. The number of hydrogen-bond acceptors (Lipinski definition) is 3. The van der Waals surface area contributed by atoms with Crippen molar-refractivity contribution in [2.24, 2.45) is 0 Å². The van der Waals surface area contributed by atoms with E-state index in [0.29, 0.717) is 18.0 Å². The fourth-order valence-corrected chi connectivity index (χ4v) is 2.21. The van der Waals surface area contributed by atoms with E-state index in [4.69, 9.17) is 9.84 Å². The summed E-state index contributed by atoms with van der Waals surface area (Å²) in [7, 11) is 0. The van der Waals surface area contributed by atoms with Crippen LogP contribution in [-0.4, -0.2) is 23.6 Å².